The zero-order valence-electron chi connectivity index (χ0n) is 12.6. The molecule has 0 bridgehead atoms. The van der Waals surface area contributed by atoms with Crippen molar-refractivity contribution in [2.24, 2.45) is 0 Å². The third-order valence-corrected chi connectivity index (χ3v) is 3.93. The van der Waals surface area contributed by atoms with Crippen molar-refractivity contribution in [3.05, 3.63) is 47.2 Å². The molecule has 118 valence electrons. The number of hydrogen-bond acceptors (Lipinski definition) is 7. The lowest BCUT2D eigenvalue weighted by Gasteiger charge is -2.10. The highest BCUT2D eigenvalue weighted by atomic mass is 16.7. The fourth-order valence-electron chi connectivity index (χ4n) is 2.82. The summed E-state index contributed by atoms with van der Waals surface area (Å²) in [5, 5.41) is 9.85. The molecule has 0 spiro atoms. The number of nitrogen functional groups attached to an aromatic ring is 2. The molecule has 0 fully saturated rings. The summed E-state index contributed by atoms with van der Waals surface area (Å²) in [4.78, 5) is 8.54. The first kappa shape index (κ1) is 14.1. The predicted octanol–water partition coefficient (Wildman–Crippen LogP) is 1.99. The van der Waals surface area contributed by atoms with Crippen LogP contribution in [0.2, 0.25) is 0 Å². The lowest BCUT2D eigenvalue weighted by atomic mass is 10.0. The monoisotopic (exact) mass is 319 g/mol. The van der Waals surface area contributed by atoms with Gasteiger partial charge in [0.05, 0.1) is 22.5 Å². The lowest BCUT2D eigenvalue weighted by Crippen LogP contribution is -2.05. The number of rotatable bonds is 2. The molecule has 4 N–H and O–H groups in total. The Hall–Kier alpha value is -3.53. The molecule has 7 nitrogen and oxygen atoms in total. The molecule has 1 aliphatic rings. The summed E-state index contributed by atoms with van der Waals surface area (Å²) in [7, 11) is 0. The normalized spacial score (nSPS) is 12.3. The minimum Gasteiger partial charge on any atom is -0.454 e. The molecule has 0 radical (unpaired) electrons. The second kappa shape index (κ2) is 5.28. The standard InChI is InChI=1S/C17H13N5O2/c18-7-10-2-3-11-15(16(10)19)12(22-17(20)21-11)5-9-1-4-13-14(6-9)24-8-23-13/h1-4,6H,5,8,19H2,(H2,20,21,22). The summed E-state index contributed by atoms with van der Waals surface area (Å²) in [6, 6.07) is 11.1. The van der Waals surface area contributed by atoms with Crippen LogP contribution in [0.4, 0.5) is 11.6 Å². The number of nitrogens with two attached hydrogens (primary N) is 2. The third kappa shape index (κ3) is 2.21. The Morgan fingerprint density at radius 3 is 2.75 bits per heavy atom. The van der Waals surface area contributed by atoms with Gasteiger partial charge in [-0.1, -0.05) is 6.07 Å². The van der Waals surface area contributed by atoms with Crippen LogP contribution in [0.25, 0.3) is 10.9 Å². The van der Waals surface area contributed by atoms with Crippen molar-refractivity contribution in [1.29, 1.82) is 5.26 Å². The molecule has 4 rings (SSSR count). The van der Waals surface area contributed by atoms with Gasteiger partial charge >= 0.3 is 0 Å². The van der Waals surface area contributed by atoms with Gasteiger partial charge in [-0.15, -0.1) is 0 Å². The highest BCUT2D eigenvalue weighted by Crippen LogP contribution is 2.34. The Morgan fingerprint density at radius 1 is 1.08 bits per heavy atom. The Morgan fingerprint density at radius 2 is 1.92 bits per heavy atom. The van der Waals surface area contributed by atoms with E-state index in [0.717, 1.165) is 11.3 Å². The van der Waals surface area contributed by atoms with Gasteiger partial charge in [0.25, 0.3) is 0 Å². The number of ether oxygens (including phenoxy) is 2. The predicted molar refractivity (Wildman–Crippen MR) is 88.4 cm³/mol. The van der Waals surface area contributed by atoms with E-state index in [1.807, 2.05) is 18.2 Å². The number of nitriles is 1. The highest BCUT2D eigenvalue weighted by molar-refractivity contribution is 5.95. The fraction of sp³-hybridized carbons (Fsp3) is 0.118. The van der Waals surface area contributed by atoms with Crippen LogP contribution in [0.15, 0.2) is 30.3 Å². The van der Waals surface area contributed by atoms with E-state index in [1.54, 1.807) is 12.1 Å². The van der Waals surface area contributed by atoms with E-state index >= 15 is 0 Å². The molecule has 0 unspecified atom stereocenters. The molecule has 0 saturated heterocycles. The van der Waals surface area contributed by atoms with Gasteiger partial charge in [0.1, 0.15) is 6.07 Å². The van der Waals surface area contributed by atoms with E-state index in [9.17, 15) is 5.26 Å². The van der Waals surface area contributed by atoms with E-state index in [2.05, 4.69) is 16.0 Å². The maximum Gasteiger partial charge on any atom is 0.231 e. The molecule has 0 amide bonds. The first-order valence-electron chi connectivity index (χ1n) is 7.29. The van der Waals surface area contributed by atoms with Crippen LogP contribution in [0.5, 0.6) is 11.5 Å². The summed E-state index contributed by atoms with van der Waals surface area (Å²) >= 11 is 0. The summed E-state index contributed by atoms with van der Waals surface area (Å²) in [5.74, 6) is 1.59. The molecular formula is C17H13N5O2. The topological polar surface area (TPSA) is 120 Å². The Balaban J connectivity index is 1.85. The minimum absolute atomic E-state index is 0.169. The molecule has 3 aromatic rings. The lowest BCUT2D eigenvalue weighted by molar-refractivity contribution is 0.174. The average molecular weight is 319 g/mol. The van der Waals surface area contributed by atoms with Gasteiger partial charge < -0.3 is 20.9 Å². The van der Waals surface area contributed by atoms with Crippen molar-refractivity contribution in [3.8, 4) is 17.6 Å². The Kier molecular flexibility index (Phi) is 3.10. The largest absolute Gasteiger partial charge is 0.454 e. The maximum absolute atomic E-state index is 9.19. The van der Waals surface area contributed by atoms with Crippen LogP contribution in [0.3, 0.4) is 0 Å². The van der Waals surface area contributed by atoms with Crippen molar-refractivity contribution >= 4 is 22.5 Å². The molecule has 1 aromatic heterocycles. The van der Waals surface area contributed by atoms with Crippen molar-refractivity contribution in [3.63, 3.8) is 0 Å². The smallest absolute Gasteiger partial charge is 0.231 e. The quantitative estimate of drug-likeness (QED) is 0.693. The number of anilines is 2. The van der Waals surface area contributed by atoms with Crippen LogP contribution in [0.1, 0.15) is 16.8 Å². The van der Waals surface area contributed by atoms with Crippen LogP contribution in [0, 0.1) is 11.3 Å². The summed E-state index contributed by atoms with van der Waals surface area (Å²) in [5.41, 5.74) is 15.0. The number of fused-ring (bicyclic) bond motifs is 2. The van der Waals surface area contributed by atoms with E-state index in [0.29, 0.717) is 40.0 Å². The fourth-order valence-corrected chi connectivity index (χ4v) is 2.82. The van der Waals surface area contributed by atoms with Gasteiger partial charge in [-0.25, -0.2) is 9.97 Å². The van der Waals surface area contributed by atoms with Gasteiger partial charge in [0, 0.05) is 11.8 Å². The molecule has 24 heavy (non-hydrogen) atoms. The first-order chi connectivity index (χ1) is 11.7. The molecule has 0 atom stereocenters. The number of nitrogens with zero attached hydrogens (tertiary/aromatic N) is 3. The van der Waals surface area contributed by atoms with E-state index in [4.69, 9.17) is 20.9 Å². The average Bonchev–Trinajstić information content (AvgIpc) is 3.02. The van der Waals surface area contributed by atoms with E-state index in [-0.39, 0.29) is 12.7 Å². The molecule has 2 heterocycles. The first-order valence-corrected chi connectivity index (χ1v) is 7.29. The van der Waals surface area contributed by atoms with Gasteiger partial charge in [0.2, 0.25) is 12.7 Å². The van der Waals surface area contributed by atoms with Crippen molar-refractivity contribution < 1.29 is 9.47 Å². The molecule has 0 saturated carbocycles. The van der Waals surface area contributed by atoms with E-state index in [1.165, 1.54) is 0 Å². The SMILES string of the molecule is N#Cc1ccc2nc(N)nc(Cc3ccc4c(c3)OCO4)c2c1N. The van der Waals surface area contributed by atoms with Gasteiger partial charge in [-0.2, -0.15) is 5.26 Å². The zero-order chi connectivity index (χ0) is 16.7. The van der Waals surface area contributed by atoms with Crippen molar-refractivity contribution in [1.82, 2.24) is 9.97 Å². The van der Waals surface area contributed by atoms with Crippen LogP contribution < -0.4 is 20.9 Å². The number of aromatic nitrogens is 2. The van der Waals surface area contributed by atoms with Crippen LogP contribution in [-0.4, -0.2) is 16.8 Å². The van der Waals surface area contributed by atoms with Crippen LogP contribution in [-0.2, 0) is 6.42 Å². The zero-order valence-corrected chi connectivity index (χ0v) is 12.6. The number of benzene rings is 2. The molecular weight excluding hydrogens is 306 g/mol. The van der Waals surface area contributed by atoms with E-state index < -0.39 is 0 Å². The van der Waals surface area contributed by atoms with Gasteiger partial charge in [-0.3, -0.25) is 0 Å². The van der Waals surface area contributed by atoms with Crippen LogP contribution >= 0.6 is 0 Å². The van der Waals surface area contributed by atoms with Gasteiger partial charge in [0.15, 0.2) is 11.5 Å². The molecule has 2 aromatic carbocycles. The van der Waals surface area contributed by atoms with Crippen molar-refractivity contribution in [2.75, 3.05) is 18.3 Å². The molecule has 0 aliphatic carbocycles. The third-order valence-electron chi connectivity index (χ3n) is 3.93. The highest BCUT2D eigenvalue weighted by Gasteiger charge is 2.16. The summed E-state index contributed by atoms with van der Waals surface area (Å²) < 4.78 is 10.7. The number of hydrogen-bond donors (Lipinski definition) is 2. The Labute approximate surface area is 137 Å². The Bertz CT molecular complexity index is 1010. The second-order valence-corrected chi connectivity index (χ2v) is 5.43. The van der Waals surface area contributed by atoms with Crippen molar-refractivity contribution in [2.45, 2.75) is 6.42 Å². The minimum atomic E-state index is 0.169. The summed E-state index contributed by atoms with van der Waals surface area (Å²) in [6.07, 6.45) is 0.485. The van der Waals surface area contributed by atoms with Gasteiger partial charge in [-0.05, 0) is 29.8 Å². The second-order valence-electron chi connectivity index (χ2n) is 5.43. The molecule has 7 heteroatoms. The summed E-state index contributed by atoms with van der Waals surface area (Å²) in [6.45, 7) is 0.223. The maximum atomic E-state index is 9.19. The molecule has 1 aliphatic heterocycles.